The molecule has 0 radical (unpaired) electrons. The van der Waals surface area contributed by atoms with Crippen molar-refractivity contribution in [1.29, 1.82) is 0 Å². The van der Waals surface area contributed by atoms with Crippen LogP contribution >= 0.6 is 15.9 Å². The summed E-state index contributed by atoms with van der Waals surface area (Å²) in [6, 6.07) is 0. The van der Waals surface area contributed by atoms with E-state index in [9.17, 15) is 4.79 Å². The van der Waals surface area contributed by atoms with Crippen LogP contribution in [0.2, 0.25) is 0 Å². The standard InChI is InChI=1S/C13H21BrN4O2/c1-17-13(19)12(14)11(10-16-17)15-4-2-3-5-18-6-8-20-9-7-18/h10,15H,2-9H2,1H3. The molecular formula is C13H21BrN4O2. The molecule has 112 valence electrons. The summed E-state index contributed by atoms with van der Waals surface area (Å²) in [6.45, 7) is 5.74. The quantitative estimate of drug-likeness (QED) is 0.782. The maximum atomic E-state index is 11.7. The molecule has 7 heteroatoms. The lowest BCUT2D eigenvalue weighted by Gasteiger charge is -2.26. The van der Waals surface area contributed by atoms with Crippen LogP contribution in [-0.4, -0.2) is 54.1 Å². The summed E-state index contributed by atoms with van der Waals surface area (Å²) in [5, 5.41) is 7.25. The van der Waals surface area contributed by atoms with Gasteiger partial charge in [0.05, 0.1) is 25.1 Å². The smallest absolute Gasteiger partial charge is 0.282 e. The van der Waals surface area contributed by atoms with Crippen LogP contribution in [0.1, 0.15) is 12.8 Å². The summed E-state index contributed by atoms with van der Waals surface area (Å²) in [5.74, 6) is 0. The Labute approximate surface area is 127 Å². The number of anilines is 1. The number of nitrogens with one attached hydrogen (secondary N) is 1. The average Bonchev–Trinajstić information content (AvgIpc) is 2.48. The molecule has 1 aromatic heterocycles. The molecule has 0 amide bonds. The second-order valence-electron chi connectivity index (χ2n) is 4.89. The minimum absolute atomic E-state index is 0.122. The molecule has 6 nitrogen and oxygen atoms in total. The number of ether oxygens (including phenoxy) is 1. The third kappa shape index (κ3) is 4.29. The van der Waals surface area contributed by atoms with Crippen LogP contribution in [-0.2, 0) is 11.8 Å². The summed E-state index contributed by atoms with van der Waals surface area (Å²) in [4.78, 5) is 14.1. The van der Waals surface area contributed by atoms with Crippen LogP contribution < -0.4 is 10.9 Å². The predicted molar refractivity (Wildman–Crippen MR) is 82.2 cm³/mol. The van der Waals surface area contributed by atoms with Crippen molar-refractivity contribution < 1.29 is 4.74 Å². The first kappa shape index (κ1) is 15.5. The van der Waals surface area contributed by atoms with E-state index >= 15 is 0 Å². The molecule has 1 saturated heterocycles. The van der Waals surface area contributed by atoms with Crippen LogP contribution in [0.25, 0.3) is 0 Å². The highest BCUT2D eigenvalue weighted by Gasteiger charge is 2.09. The highest BCUT2D eigenvalue weighted by Crippen LogP contribution is 2.15. The van der Waals surface area contributed by atoms with Crippen LogP contribution in [0.5, 0.6) is 0 Å². The fraction of sp³-hybridized carbons (Fsp3) is 0.692. The van der Waals surface area contributed by atoms with Gasteiger partial charge < -0.3 is 10.1 Å². The molecule has 0 aliphatic carbocycles. The van der Waals surface area contributed by atoms with Gasteiger partial charge in [0.25, 0.3) is 5.56 Å². The fourth-order valence-electron chi connectivity index (χ4n) is 2.14. The summed E-state index contributed by atoms with van der Waals surface area (Å²) in [7, 11) is 1.64. The number of unbranched alkanes of at least 4 members (excludes halogenated alkanes) is 1. The number of halogens is 1. The van der Waals surface area contributed by atoms with E-state index in [1.807, 2.05) is 0 Å². The normalized spacial score (nSPS) is 16.3. The Morgan fingerprint density at radius 1 is 1.40 bits per heavy atom. The van der Waals surface area contributed by atoms with Crippen molar-refractivity contribution in [1.82, 2.24) is 14.7 Å². The molecule has 20 heavy (non-hydrogen) atoms. The Balaban J connectivity index is 1.68. The number of hydrogen-bond donors (Lipinski definition) is 1. The third-order valence-corrected chi connectivity index (χ3v) is 4.16. The highest BCUT2D eigenvalue weighted by molar-refractivity contribution is 9.10. The topological polar surface area (TPSA) is 59.4 Å². The highest BCUT2D eigenvalue weighted by atomic mass is 79.9. The van der Waals surface area contributed by atoms with E-state index in [-0.39, 0.29) is 5.56 Å². The van der Waals surface area contributed by atoms with Crippen LogP contribution in [0.15, 0.2) is 15.5 Å². The van der Waals surface area contributed by atoms with Gasteiger partial charge in [0.2, 0.25) is 0 Å². The molecule has 1 fully saturated rings. The number of rotatable bonds is 6. The molecule has 0 spiro atoms. The lowest BCUT2D eigenvalue weighted by atomic mass is 10.2. The van der Waals surface area contributed by atoms with Gasteiger partial charge in [-0.05, 0) is 35.3 Å². The lowest BCUT2D eigenvalue weighted by Crippen LogP contribution is -2.36. The summed E-state index contributed by atoms with van der Waals surface area (Å²) < 4.78 is 7.18. The Hall–Kier alpha value is -0.920. The van der Waals surface area contributed by atoms with Gasteiger partial charge in [-0.15, -0.1) is 0 Å². The molecule has 0 unspecified atom stereocenters. The van der Waals surface area contributed by atoms with E-state index in [1.165, 1.54) is 4.68 Å². The summed E-state index contributed by atoms with van der Waals surface area (Å²) in [6.07, 6.45) is 3.88. The Morgan fingerprint density at radius 3 is 2.90 bits per heavy atom. The number of nitrogens with zero attached hydrogens (tertiary/aromatic N) is 3. The van der Waals surface area contributed by atoms with Crippen LogP contribution in [0.4, 0.5) is 5.69 Å². The fourth-order valence-corrected chi connectivity index (χ4v) is 2.64. The minimum Gasteiger partial charge on any atom is -0.383 e. The van der Waals surface area contributed by atoms with Gasteiger partial charge >= 0.3 is 0 Å². The number of aryl methyl sites for hydroxylation is 1. The first-order valence-electron chi connectivity index (χ1n) is 6.94. The van der Waals surface area contributed by atoms with Gasteiger partial charge in [0.1, 0.15) is 4.47 Å². The first-order valence-corrected chi connectivity index (χ1v) is 7.73. The molecule has 1 aromatic rings. The van der Waals surface area contributed by atoms with Crippen molar-refractivity contribution in [2.75, 3.05) is 44.7 Å². The molecule has 0 atom stereocenters. The lowest BCUT2D eigenvalue weighted by molar-refractivity contribution is 0.0373. The minimum atomic E-state index is -0.122. The Kier molecular flexibility index (Phi) is 6.00. The maximum absolute atomic E-state index is 11.7. The summed E-state index contributed by atoms with van der Waals surface area (Å²) in [5.41, 5.74) is 0.641. The molecule has 1 N–H and O–H groups in total. The average molecular weight is 345 g/mol. The molecule has 1 aliphatic heterocycles. The zero-order valence-corrected chi connectivity index (χ0v) is 13.4. The zero-order valence-electron chi connectivity index (χ0n) is 11.8. The molecule has 0 saturated carbocycles. The molecule has 0 aromatic carbocycles. The van der Waals surface area contributed by atoms with Crippen molar-refractivity contribution in [3.63, 3.8) is 0 Å². The molecular weight excluding hydrogens is 324 g/mol. The Bertz CT molecular complexity index is 486. The van der Waals surface area contributed by atoms with E-state index < -0.39 is 0 Å². The van der Waals surface area contributed by atoms with E-state index in [1.54, 1.807) is 13.2 Å². The Morgan fingerprint density at radius 2 is 2.15 bits per heavy atom. The van der Waals surface area contributed by atoms with Crippen molar-refractivity contribution >= 4 is 21.6 Å². The van der Waals surface area contributed by atoms with Crippen LogP contribution in [0.3, 0.4) is 0 Å². The number of morpholine rings is 1. The second-order valence-corrected chi connectivity index (χ2v) is 5.68. The van der Waals surface area contributed by atoms with Crippen molar-refractivity contribution in [3.8, 4) is 0 Å². The van der Waals surface area contributed by atoms with Gasteiger partial charge in [0, 0.05) is 26.7 Å². The van der Waals surface area contributed by atoms with Gasteiger partial charge in [0.15, 0.2) is 0 Å². The van der Waals surface area contributed by atoms with Gasteiger partial charge in [-0.1, -0.05) is 0 Å². The predicted octanol–water partition coefficient (Wildman–Crippen LogP) is 1.07. The van der Waals surface area contributed by atoms with E-state index in [0.717, 1.165) is 57.9 Å². The van der Waals surface area contributed by atoms with E-state index in [2.05, 4.69) is 31.2 Å². The molecule has 0 bridgehead atoms. The van der Waals surface area contributed by atoms with Crippen molar-refractivity contribution in [2.24, 2.45) is 7.05 Å². The van der Waals surface area contributed by atoms with Gasteiger partial charge in [-0.3, -0.25) is 9.69 Å². The van der Waals surface area contributed by atoms with E-state index in [4.69, 9.17) is 4.74 Å². The maximum Gasteiger partial charge on any atom is 0.282 e. The van der Waals surface area contributed by atoms with Crippen molar-refractivity contribution in [3.05, 3.63) is 21.0 Å². The van der Waals surface area contributed by atoms with Gasteiger partial charge in [-0.25, -0.2) is 4.68 Å². The second kappa shape index (κ2) is 7.75. The SMILES string of the molecule is Cn1ncc(NCCCCN2CCOCC2)c(Br)c1=O. The zero-order chi connectivity index (χ0) is 14.4. The monoisotopic (exact) mass is 344 g/mol. The molecule has 2 rings (SSSR count). The molecule has 1 aliphatic rings. The first-order chi connectivity index (χ1) is 9.68. The summed E-state index contributed by atoms with van der Waals surface area (Å²) >= 11 is 3.30. The largest absolute Gasteiger partial charge is 0.383 e. The van der Waals surface area contributed by atoms with E-state index in [0.29, 0.717) is 4.47 Å². The van der Waals surface area contributed by atoms with Crippen LogP contribution in [0, 0.1) is 0 Å². The molecule has 2 heterocycles. The number of hydrogen-bond acceptors (Lipinski definition) is 5. The third-order valence-electron chi connectivity index (χ3n) is 3.40. The van der Waals surface area contributed by atoms with Gasteiger partial charge in [-0.2, -0.15) is 5.10 Å². The van der Waals surface area contributed by atoms with Crippen molar-refractivity contribution in [2.45, 2.75) is 12.8 Å². The number of aromatic nitrogens is 2.